The van der Waals surface area contributed by atoms with Crippen molar-refractivity contribution in [2.75, 3.05) is 4.90 Å². The number of hydrogen-bond acceptors (Lipinski definition) is 3. The molecular formula is C36H39N3. The van der Waals surface area contributed by atoms with Gasteiger partial charge in [0.05, 0.1) is 11.4 Å². The van der Waals surface area contributed by atoms with E-state index in [-0.39, 0.29) is 10.8 Å². The highest BCUT2D eigenvalue weighted by molar-refractivity contribution is 5.76. The quantitative estimate of drug-likeness (QED) is 0.266. The molecule has 0 aliphatic heterocycles. The van der Waals surface area contributed by atoms with Gasteiger partial charge in [-0.25, -0.2) is 4.98 Å². The highest BCUT2D eigenvalue weighted by Crippen LogP contribution is 2.39. The molecule has 0 bridgehead atoms. The topological polar surface area (TPSA) is 29.0 Å². The summed E-state index contributed by atoms with van der Waals surface area (Å²) in [6.07, 6.45) is 8.44. The van der Waals surface area contributed by atoms with E-state index in [0.29, 0.717) is 0 Å². The Hall–Kier alpha value is -3.98. The standard InChI is InChI=1S/C36H39N3/c1-35(2,3)28-23-29(36(4,5)6)25-31(24-28)39(30-17-12-16-27(22-30)32-18-10-11-21-37-32)34-20-13-19-33(38-34)26-14-8-7-9-15-26/h7-11,13-15,17-25H,12,16H2,1-6H3. The summed E-state index contributed by atoms with van der Waals surface area (Å²) in [5.41, 5.74) is 9.29. The van der Waals surface area contributed by atoms with Gasteiger partial charge in [-0.1, -0.05) is 96.1 Å². The van der Waals surface area contributed by atoms with Crippen LogP contribution in [0.3, 0.4) is 0 Å². The maximum absolute atomic E-state index is 5.22. The monoisotopic (exact) mass is 513 g/mol. The third kappa shape index (κ3) is 6.04. The number of benzene rings is 2. The normalized spacial score (nSPS) is 14.0. The van der Waals surface area contributed by atoms with E-state index in [1.165, 1.54) is 16.7 Å². The van der Waals surface area contributed by atoms with Crippen LogP contribution in [0.2, 0.25) is 0 Å². The number of allylic oxidation sites excluding steroid dienone is 3. The molecule has 0 unspecified atom stereocenters. The smallest absolute Gasteiger partial charge is 0.138 e. The first-order chi connectivity index (χ1) is 18.6. The van der Waals surface area contributed by atoms with E-state index in [1.807, 2.05) is 18.3 Å². The van der Waals surface area contributed by atoms with Crippen LogP contribution in [-0.2, 0) is 10.8 Å². The molecule has 4 aromatic rings. The molecule has 0 N–H and O–H groups in total. The summed E-state index contributed by atoms with van der Waals surface area (Å²) in [6, 6.07) is 29.9. The summed E-state index contributed by atoms with van der Waals surface area (Å²) < 4.78 is 0. The molecule has 2 aromatic heterocycles. The van der Waals surface area contributed by atoms with E-state index >= 15 is 0 Å². The van der Waals surface area contributed by atoms with Crippen LogP contribution >= 0.6 is 0 Å². The largest absolute Gasteiger partial charge is 0.295 e. The van der Waals surface area contributed by atoms with E-state index in [2.05, 4.69) is 136 Å². The first-order valence-corrected chi connectivity index (χ1v) is 13.9. The Balaban J connectivity index is 1.72. The van der Waals surface area contributed by atoms with Gasteiger partial charge in [-0.3, -0.25) is 9.88 Å². The average Bonchev–Trinajstić information content (AvgIpc) is 2.93. The van der Waals surface area contributed by atoms with Gasteiger partial charge in [0.25, 0.3) is 0 Å². The van der Waals surface area contributed by atoms with Crippen LogP contribution in [0, 0.1) is 0 Å². The van der Waals surface area contributed by atoms with Gasteiger partial charge in [-0.2, -0.15) is 0 Å². The van der Waals surface area contributed by atoms with Crippen molar-refractivity contribution in [2.45, 2.75) is 65.2 Å². The van der Waals surface area contributed by atoms with Crippen LogP contribution in [0.15, 0.2) is 109 Å². The Kier molecular flexibility index (Phi) is 7.27. The number of anilines is 2. The van der Waals surface area contributed by atoms with Crippen molar-refractivity contribution < 1.29 is 0 Å². The minimum absolute atomic E-state index is 0.0108. The summed E-state index contributed by atoms with van der Waals surface area (Å²) in [5, 5.41) is 0. The van der Waals surface area contributed by atoms with Crippen molar-refractivity contribution in [2.24, 2.45) is 0 Å². The van der Waals surface area contributed by atoms with Crippen molar-refractivity contribution in [3.63, 3.8) is 0 Å². The minimum atomic E-state index is 0.0108. The van der Waals surface area contributed by atoms with E-state index < -0.39 is 0 Å². The maximum atomic E-state index is 5.22. The van der Waals surface area contributed by atoms with Crippen LogP contribution in [0.5, 0.6) is 0 Å². The fourth-order valence-corrected chi connectivity index (χ4v) is 4.93. The van der Waals surface area contributed by atoms with Gasteiger partial charge in [0.15, 0.2) is 0 Å². The third-order valence-electron chi connectivity index (χ3n) is 7.28. The Bertz CT molecular complexity index is 1470. The first-order valence-electron chi connectivity index (χ1n) is 13.9. The summed E-state index contributed by atoms with van der Waals surface area (Å²) in [4.78, 5) is 12.2. The summed E-state index contributed by atoms with van der Waals surface area (Å²) in [6.45, 7) is 13.7. The minimum Gasteiger partial charge on any atom is -0.295 e. The lowest BCUT2D eigenvalue weighted by Crippen LogP contribution is -2.22. The van der Waals surface area contributed by atoms with E-state index in [1.54, 1.807) is 0 Å². The van der Waals surface area contributed by atoms with Crippen molar-refractivity contribution in [1.82, 2.24) is 9.97 Å². The SMILES string of the molecule is CC(C)(C)c1cc(N(C2=CCCC(c3ccccn3)=C2)c2cccc(-c3ccccc3)n2)cc(C(C)(C)C)c1. The lowest BCUT2D eigenvalue weighted by atomic mass is 9.80. The van der Waals surface area contributed by atoms with Gasteiger partial charge in [0.1, 0.15) is 5.82 Å². The van der Waals surface area contributed by atoms with Gasteiger partial charge >= 0.3 is 0 Å². The Morgan fingerprint density at radius 3 is 2.00 bits per heavy atom. The van der Waals surface area contributed by atoms with Crippen LogP contribution in [0.1, 0.15) is 71.2 Å². The van der Waals surface area contributed by atoms with Crippen LogP contribution in [0.4, 0.5) is 11.5 Å². The molecular weight excluding hydrogens is 474 g/mol. The molecule has 0 saturated carbocycles. The second-order valence-corrected chi connectivity index (χ2v) is 12.4. The molecule has 39 heavy (non-hydrogen) atoms. The van der Waals surface area contributed by atoms with Crippen molar-refractivity contribution >= 4 is 17.1 Å². The molecule has 1 aliphatic rings. The van der Waals surface area contributed by atoms with Crippen LogP contribution < -0.4 is 4.90 Å². The Labute approximate surface area is 234 Å². The molecule has 0 radical (unpaired) electrons. The van der Waals surface area contributed by atoms with Gasteiger partial charge in [0.2, 0.25) is 0 Å². The summed E-state index contributed by atoms with van der Waals surface area (Å²) in [7, 11) is 0. The molecule has 0 fully saturated rings. The molecule has 3 nitrogen and oxygen atoms in total. The molecule has 3 heteroatoms. The molecule has 0 saturated heterocycles. The lowest BCUT2D eigenvalue weighted by Gasteiger charge is -2.32. The first kappa shape index (κ1) is 26.6. The van der Waals surface area contributed by atoms with Gasteiger partial charge in [-0.05, 0) is 82.8 Å². The molecule has 0 spiro atoms. The lowest BCUT2D eigenvalue weighted by molar-refractivity contribution is 0.568. The number of rotatable bonds is 5. The van der Waals surface area contributed by atoms with Gasteiger partial charge in [-0.15, -0.1) is 0 Å². The fraction of sp³-hybridized carbons (Fsp3) is 0.278. The maximum Gasteiger partial charge on any atom is 0.138 e. The number of aromatic nitrogens is 2. The van der Waals surface area contributed by atoms with Crippen molar-refractivity contribution in [1.29, 1.82) is 0 Å². The van der Waals surface area contributed by atoms with E-state index in [0.717, 1.165) is 47.0 Å². The predicted octanol–water partition coefficient (Wildman–Crippen LogP) is 9.64. The Morgan fingerprint density at radius 2 is 1.36 bits per heavy atom. The van der Waals surface area contributed by atoms with E-state index in [9.17, 15) is 0 Å². The molecule has 0 amide bonds. The molecule has 5 rings (SSSR count). The van der Waals surface area contributed by atoms with Crippen LogP contribution in [0.25, 0.3) is 16.8 Å². The Morgan fingerprint density at radius 1 is 0.692 bits per heavy atom. The number of hydrogen-bond donors (Lipinski definition) is 0. The zero-order valence-electron chi connectivity index (χ0n) is 24.1. The van der Waals surface area contributed by atoms with Gasteiger partial charge in [0, 0.05) is 23.1 Å². The zero-order chi connectivity index (χ0) is 27.6. The second kappa shape index (κ2) is 10.6. The fourth-order valence-electron chi connectivity index (χ4n) is 4.93. The highest BCUT2D eigenvalue weighted by atomic mass is 15.2. The average molecular weight is 514 g/mol. The highest BCUT2D eigenvalue weighted by Gasteiger charge is 2.25. The predicted molar refractivity (Wildman–Crippen MR) is 165 cm³/mol. The molecule has 1 aliphatic carbocycles. The summed E-state index contributed by atoms with van der Waals surface area (Å²) >= 11 is 0. The molecule has 2 aromatic carbocycles. The molecule has 198 valence electrons. The summed E-state index contributed by atoms with van der Waals surface area (Å²) in [5.74, 6) is 0.909. The van der Waals surface area contributed by atoms with Gasteiger partial charge < -0.3 is 0 Å². The number of pyridine rings is 2. The van der Waals surface area contributed by atoms with Crippen molar-refractivity contribution in [3.8, 4) is 11.3 Å². The van der Waals surface area contributed by atoms with E-state index in [4.69, 9.17) is 4.98 Å². The number of nitrogens with zero attached hydrogens (tertiary/aromatic N) is 3. The molecule has 2 heterocycles. The zero-order valence-corrected chi connectivity index (χ0v) is 24.1. The second-order valence-electron chi connectivity index (χ2n) is 12.4. The molecule has 0 atom stereocenters. The van der Waals surface area contributed by atoms with Crippen molar-refractivity contribution in [3.05, 3.63) is 126 Å². The third-order valence-corrected chi connectivity index (χ3v) is 7.28. The van der Waals surface area contributed by atoms with Crippen LogP contribution in [-0.4, -0.2) is 9.97 Å².